The van der Waals surface area contributed by atoms with Crippen LogP contribution in [0.4, 0.5) is 37.7 Å². The van der Waals surface area contributed by atoms with E-state index in [0.717, 1.165) is 24.3 Å². The van der Waals surface area contributed by atoms with Crippen LogP contribution in [0, 0.1) is 0 Å². The SMILES string of the molecule is Nc1ccc(Oc2cccc(-c3cccc(P=O)c3-c3cccc(Oc4ccc(N)cc4)c3C(F)(F)F)c2C(F)(F)F)cc1. The van der Waals surface area contributed by atoms with Crippen LogP contribution in [0.5, 0.6) is 23.0 Å². The number of rotatable bonds is 7. The molecule has 0 unspecified atom stereocenters. The van der Waals surface area contributed by atoms with Gasteiger partial charge in [-0.25, -0.2) is 0 Å². The molecule has 12 heteroatoms. The van der Waals surface area contributed by atoms with E-state index in [1.54, 1.807) is 0 Å². The van der Waals surface area contributed by atoms with Gasteiger partial charge in [0.15, 0.2) is 8.46 Å². The van der Waals surface area contributed by atoms with Crippen molar-refractivity contribution >= 4 is 25.1 Å². The first-order chi connectivity index (χ1) is 20.9. The molecular formula is C32H21F6N2O3P. The minimum atomic E-state index is -5.03. The van der Waals surface area contributed by atoms with E-state index in [0.29, 0.717) is 11.4 Å². The first-order valence-corrected chi connectivity index (χ1v) is 13.6. The largest absolute Gasteiger partial charge is 0.457 e. The van der Waals surface area contributed by atoms with Crippen LogP contribution < -0.4 is 26.2 Å². The molecule has 0 amide bonds. The molecule has 5 rings (SSSR count). The molecule has 0 aliphatic rings. The van der Waals surface area contributed by atoms with Gasteiger partial charge in [-0.3, -0.25) is 4.57 Å². The second-order valence-corrected chi connectivity index (χ2v) is 10.2. The topological polar surface area (TPSA) is 87.6 Å². The molecule has 0 spiro atoms. The smallest absolute Gasteiger partial charge is 0.420 e. The number of nitrogens with two attached hydrogens (primary N) is 2. The minimum Gasteiger partial charge on any atom is -0.457 e. The molecule has 0 aliphatic carbocycles. The van der Waals surface area contributed by atoms with Gasteiger partial charge in [0.2, 0.25) is 0 Å². The zero-order valence-electron chi connectivity index (χ0n) is 22.4. The predicted molar refractivity (Wildman–Crippen MR) is 156 cm³/mol. The maximum Gasteiger partial charge on any atom is 0.420 e. The summed E-state index contributed by atoms with van der Waals surface area (Å²) in [5.74, 6) is -1.10. The molecule has 224 valence electrons. The number of ether oxygens (including phenoxy) is 2. The summed E-state index contributed by atoms with van der Waals surface area (Å²) in [5, 5.41) is -0.171. The van der Waals surface area contributed by atoms with E-state index in [4.69, 9.17) is 20.9 Å². The van der Waals surface area contributed by atoms with Gasteiger partial charge in [0, 0.05) is 16.9 Å². The van der Waals surface area contributed by atoms with Gasteiger partial charge < -0.3 is 20.9 Å². The second kappa shape index (κ2) is 11.9. The number of nitrogen functional groups attached to an aromatic ring is 2. The Morgan fingerprint density at radius 2 is 0.932 bits per heavy atom. The summed E-state index contributed by atoms with van der Waals surface area (Å²) in [6.45, 7) is 0. The Hall–Kier alpha value is -5.02. The fourth-order valence-electron chi connectivity index (χ4n) is 4.70. The molecule has 5 aromatic carbocycles. The monoisotopic (exact) mass is 626 g/mol. The van der Waals surface area contributed by atoms with Gasteiger partial charge in [-0.05, 0) is 83.4 Å². The molecule has 0 saturated carbocycles. The van der Waals surface area contributed by atoms with Gasteiger partial charge in [0.1, 0.15) is 34.1 Å². The van der Waals surface area contributed by atoms with Gasteiger partial charge in [-0.15, -0.1) is 0 Å². The van der Waals surface area contributed by atoms with Crippen LogP contribution in [0.1, 0.15) is 11.1 Å². The molecule has 0 fully saturated rings. The molecule has 0 aromatic heterocycles. The average Bonchev–Trinajstić information content (AvgIpc) is 2.97. The van der Waals surface area contributed by atoms with Crippen molar-refractivity contribution in [3.05, 3.63) is 114 Å². The van der Waals surface area contributed by atoms with Crippen LogP contribution in [-0.4, -0.2) is 0 Å². The lowest BCUT2D eigenvalue weighted by atomic mass is 9.88. The zero-order chi connectivity index (χ0) is 31.6. The van der Waals surface area contributed by atoms with Crippen molar-refractivity contribution in [2.75, 3.05) is 11.5 Å². The van der Waals surface area contributed by atoms with E-state index in [1.165, 1.54) is 78.9 Å². The van der Waals surface area contributed by atoms with Crippen molar-refractivity contribution in [3.63, 3.8) is 0 Å². The molecule has 44 heavy (non-hydrogen) atoms. The third-order valence-corrected chi connectivity index (χ3v) is 7.10. The van der Waals surface area contributed by atoms with Crippen LogP contribution >= 0.6 is 8.46 Å². The first-order valence-electron chi connectivity index (χ1n) is 12.8. The summed E-state index contributed by atoms with van der Waals surface area (Å²) in [7, 11) is -0.720. The second-order valence-electron chi connectivity index (χ2n) is 9.49. The highest BCUT2D eigenvalue weighted by molar-refractivity contribution is 7.34. The minimum absolute atomic E-state index is 0.0455. The van der Waals surface area contributed by atoms with E-state index in [2.05, 4.69) is 0 Å². The molecule has 0 bridgehead atoms. The number of alkyl halides is 6. The Balaban J connectivity index is 1.76. The fourth-order valence-corrected chi connectivity index (χ4v) is 5.18. The lowest BCUT2D eigenvalue weighted by Crippen LogP contribution is -2.14. The van der Waals surface area contributed by atoms with Gasteiger partial charge in [0.05, 0.1) is 5.30 Å². The summed E-state index contributed by atoms with van der Waals surface area (Å²) >= 11 is 0. The fraction of sp³-hybridized carbons (Fsp3) is 0.0625. The third-order valence-electron chi connectivity index (χ3n) is 6.54. The van der Waals surface area contributed by atoms with Crippen molar-refractivity contribution in [1.29, 1.82) is 0 Å². The quantitative estimate of drug-likeness (QED) is 0.107. The Labute approximate surface area is 248 Å². The predicted octanol–water partition coefficient (Wildman–Crippen LogP) is 9.72. The molecule has 5 aromatic rings. The highest BCUT2D eigenvalue weighted by atomic mass is 31.1. The Kier molecular flexibility index (Phi) is 8.25. The zero-order valence-corrected chi connectivity index (χ0v) is 23.3. The van der Waals surface area contributed by atoms with Crippen molar-refractivity contribution in [1.82, 2.24) is 0 Å². The van der Waals surface area contributed by atoms with Crippen LogP contribution in [-0.2, 0) is 16.9 Å². The van der Waals surface area contributed by atoms with E-state index in [-0.39, 0.29) is 27.9 Å². The molecule has 0 aliphatic heterocycles. The van der Waals surface area contributed by atoms with Gasteiger partial charge in [-0.2, -0.15) is 26.3 Å². The Morgan fingerprint density at radius 3 is 1.39 bits per heavy atom. The van der Waals surface area contributed by atoms with E-state index in [9.17, 15) is 30.9 Å². The summed E-state index contributed by atoms with van der Waals surface area (Å²) in [6.07, 6.45) is -10.0. The van der Waals surface area contributed by atoms with E-state index in [1.807, 2.05) is 0 Å². The first kappa shape index (κ1) is 30.4. The number of hydrogen-bond acceptors (Lipinski definition) is 5. The number of benzene rings is 5. The number of hydrogen-bond donors (Lipinski definition) is 2. The molecular weight excluding hydrogens is 605 g/mol. The normalized spacial score (nSPS) is 11.9. The average molecular weight is 626 g/mol. The summed E-state index contributed by atoms with van der Waals surface area (Å²) in [6, 6.07) is 22.0. The van der Waals surface area contributed by atoms with Crippen LogP contribution in [0.15, 0.2) is 103 Å². The van der Waals surface area contributed by atoms with Crippen molar-refractivity contribution in [3.8, 4) is 45.3 Å². The molecule has 0 radical (unpaired) electrons. The summed E-state index contributed by atoms with van der Waals surface area (Å²) in [5.41, 5.74) is 7.96. The van der Waals surface area contributed by atoms with Crippen LogP contribution in [0.25, 0.3) is 22.3 Å². The highest BCUT2D eigenvalue weighted by Gasteiger charge is 2.41. The third kappa shape index (κ3) is 6.33. The molecule has 0 atom stereocenters. The highest BCUT2D eigenvalue weighted by Crippen LogP contribution is 2.49. The standard InChI is InChI=1S/C32H21F6N2O3P/c33-31(34,35)29-23(5-1-7-25(29)42-20-14-10-18(39)11-15-20)22-4-3-9-27(44-41)28(22)24-6-2-8-26(30(24)32(36,37)38)43-21-16-12-19(40)13-17-21/h1-17H,39-40H2. The lowest BCUT2D eigenvalue weighted by molar-refractivity contribution is -0.139. The maximum absolute atomic E-state index is 14.7. The molecule has 0 heterocycles. The summed E-state index contributed by atoms with van der Waals surface area (Å²) in [4.78, 5) is 0. The Bertz CT molecular complexity index is 1820. The van der Waals surface area contributed by atoms with Crippen molar-refractivity contribution in [2.24, 2.45) is 0 Å². The van der Waals surface area contributed by atoms with Crippen molar-refractivity contribution < 1.29 is 40.4 Å². The van der Waals surface area contributed by atoms with Crippen LogP contribution in [0.2, 0.25) is 0 Å². The van der Waals surface area contributed by atoms with Gasteiger partial charge >= 0.3 is 12.4 Å². The van der Waals surface area contributed by atoms with Crippen LogP contribution in [0.3, 0.4) is 0 Å². The molecule has 0 saturated heterocycles. The van der Waals surface area contributed by atoms with Crippen molar-refractivity contribution in [2.45, 2.75) is 12.4 Å². The molecule has 5 nitrogen and oxygen atoms in total. The lowest BCUT2D eigenvalue weighted by Gasteiger charge is -2.23. The number of anilines is 2. The maximum atomic E-state index is 14.7. The van der Waals surface area contributed by atoms with E-state index >= 15 is 0 Å². The van der Waals surface area contributed by atoms with E-state index < -0.39 is 54.6 Å². The van der Waals surface area contributed by atoms with Gasteiger partial charge in [0.25, 0.3) is 0 Å². The Morgan fingerprint density at radius 1 is 0.523 bits per heavy atom. The summed E-state index contributed by atoms with van der Waals surface area (Å²) < 4.78 is 112. The number of halogens is 6. The van der Waals surface area contributed by atoms with Gasteiger partial charge in [-0.1, -0.05) is 36.4 Å². The molecule has 4 N–H and O–H groups in total.